The fraction of sp³-hybridized carbons (Fsp3) is 0.333. The highest BCUT2D eigenvalue weighted by Gasteiger charge is 2.24. The van der Waals surface area contributed by atoms with Gasteiger partial charge in [-0.25, -0.2) is 13.4 Å². The lowest BCUT2D eigenvalue weighted by atomic mass is 10.1. The molecule has 2 aromatic carbocycles. The Morgan fingerprint density at radius 1 is 1.09 bits per heavy atom. The third kappa shape index (κ3) is 7.73. The van der Waals surface area contributed by atoms with Crippen molar-refractivity contribution in [3.8, 4) is 5.75 Å². The largest absolute Gasteiger partial charge is 0.494 e. The molecule has 33 heavy (non-hydrogen) atoms. The summed E-state index contributed by atoms with van der Waals surface area (Å²) in [6, 6.07) is 14.2. The number of nitrogens with zero attached hydrogens (tertiary/aromatic N) is 2. The van der Waals surface area contributed by atoms with Crippen molar-refractivity contribution in [2.75, 3.05) is 6.61 Å². The zero-order valence-electron chi connectivity index (χ0n) is 18.6. The SMILES string of the molecule is Cn1cnc(CCCOc2ccc(CCC[C@H](NS(=O)(=O)c3ccccc3)C(=O)O)cc2)c1. The molecule has 9 heteroatoms. The van der Waals surface area contributed by atoms with Crippen molar-refractivity contribution in [2.24, 2.45) is 7.05 Å². The van der Waals surface area contributed by atoms with E-state index in [0.717, 1.165) is 29.8 Å². The van der Waals surface area contributed by atoms with E-state index in [0.29, 0.717) is 19.4 Å². The number of hydrogen-bond donors (Lipinski definition) is 2. The standard InChI is InChI=1S/C24H29N3O5S/c1-27-17-20(25-18-27)8-6-16-32-21-14-12-19(13-15-21)7-5-11-23(24(28)29)26-33(30,31)22-9-3-2-4-10-22/h2-4,9-10,12-15,17-18,23,26H,5-8,11,16H2,1H3,(H,28,29)/t23-/m0/s1. The highest BCUT2D eigenvalue weighted by Crippen LogP contribution is 2.16. The van der Waals surface area contributed by atoms with Gasteiger partial charge < -0.3 is 14.4 Å². The van der Waals surface area contributed by atoms with Crippen molar-refractivity contribution in [1.82, 2.24) is 14.3 Å². The molecule has 0 bridgehead atoms. The van der Waals surface area contributed by atoms with Crippen molar-refractivity contribution >= 4 is 16.0 Å². The van der Waals surface area contributed by atoms with E-state index in [9.17, 15) is 18.3 Å². The number of carboxylic acids is 1. The van der Waals surface area contributed by atoms with Crippen molar-refractivity contribution in [3.05, 3.63) is 78.4 Å². The lowest BCUT2D eigenvalue weighted by Crippen LogP contribution is -2.40. The molecule has 0 unspecified atom stereocenters. The van der Waals surface area contributed by atoms with Crippen molar-refractivity contribution < 1.29 is 23.1 Å². The Hall–Kier alpha value is -3.17. The molecule has 0 radical (unpaired) electrons. The van der Waals surface area contributed by atoms with Gasteiger partial charge in [-0.05, 0) is 61.9 Å². The van der Waals surface area contributed by atoms with Gasteiger partial charge >= 0.3 is 5.97 Å². The van der Waals surface area contributed by atoms with E-state index in [1.807, 2.05) is 42.1 Å². The molecule has 0 amide bonds. The van der Waals surface area contributed by atoms with E-state index in [4.69, 9.17) is 4.74 Å². The van der Waals surface area contributed by atoms with Crippen LogP contribution in [0.4, 0.5) is 0 Å². The van der Waals surface area contributed by atoms with Gasteiger partial charge in [-0.1, -0.05) is 30.3 Å². The first-order chi connectivity index (χ1) is 15.8. The average molecular weight is 472 g/mol. The fourth-order valence-corrected chi connectivity index (χ4v) is 4.63. The van der Waals surface area contributed by atoms with Crippen molar-refractivity contribution in [3.63, 3.8) is 0 Å². The van der Waals surface area contributed by atoms with Crippen LogP contribution in [0.3, 0.4) is 0 Å². The van der Waals surface area contributed by atoms with E-state index < -0.39 is 22.0 Å². The van der Waals surface area contributed by atoms with Crippen LogP contribution < -0.4 is 9.46 Å². The maximum atomic E-state index is 12.4. The van der Waals surface area contributed by atoms with Gasteiger partial charge in [0.15, 0.2) is 0 Å². The molecule has 0 saturated heterocycles. The van der Waals surface area contributed by atoms with Crippen LogP contribution in [0.15, 0.2) is 72.0 Å². The fourth-order valence-electron chi connectivity index (χ4n) is 3.39. The Morgan fingerprint density at radius 2 is 1.82 bits per heavy atom. The minimum Gasteiger partial charge on any atom is -0.494 e. The number of carboxylic acid groups (broad SMARTS) is 1. The number of rotatable bonds is 13. The maximum absolute atomic E-state index is 12.4. The van der Waals surface area contributed by atoms with Crippen LogP contribution in [0.5, 0.6) is 5.75 Å². The maximum Gasteiger partial charge on any atom is 0.321 e. The number of ether oxygens (including phenoxy) is 1. The minimum absolute atomic E-state index is 0.0480. The molecule has 1 atom stereocenters. The molecule has 1 aromatic heterocycles. The Balaban J connectivity index is 1.42. The predicted octanol–water partition coefficient (Wildman–Crippen LogP) is 3.19. The molecule has 8 nitrogen and oxygen atoms in total. The third-order valence-electron chi connectivity index (χ3n) is 5.13. The highest BCUT2D eigenvalue weighted by molar-refractivity contribution is 7.89. The smallest absolute Gasteiger partial charge is 0.321 e. The first-order valence-electron chi connectivity index (χ1n) is 10.8. The summed E-state index contributed by atoms with van der Waals surface area (Å²) in [4.78, 5) is 15.9. The summed E-state index contributed by atoms with van der Waals surface area (Å²) < 4.78 is 34.8. The number of carbonyl (C=O) groups is 1. The van der Waals surface area contributed by atoms with E-state index >= 15 is 0 Å². The summed E-state index contributed by atoms with van der Waals surface area (Å²) in [5.41, 5.74) is 2.08. The van der Waals surface area contributed by atoms with Gasteiger partial charge in [0.25, 0.3) is 0 Å². The quantitative estimate of drug-likeness (QED) is 0.371. The van der Waals surface area contributed by atoms with Gasteiger partial charge in [0.05, 0.1) is 23.5 Å². The van der Waals surface area contributed by atoms with Gasteiger partial charge in [-0.15, -0.1) is 0 Å². The highest BCUT2D eigenvalue weighted by atomic mass is 32.2. The normalized spacial score (nSPS) is 12.4. The number of aromatic nitrogens is 2. The molecule has 0 spiro atoms. The van der Waals surface area contributed by atoms with Crippen molar-refractivity contribution in [1.29, 1.82) is 0 Å². The lowest BCUT2D eigenvalue weighted by molar-refractivity contribution is -0.139. The molecule has 0 fully saturated rings. The number of imidazole rings is 1. The second-order valence-corrected chi connectivity index (χ2v) is 9.56. The summed E-state index contributed by atoms with van der Waals surface area (Å²) in [7, 11) is -1.94. The van der Waals surface area contributed by atoms with Crippen LogP contribution in [0.1, 0.15) is 30.5 Å². The number of aryl methyl sites for hydroxylation is 3. The van der Waals surface area contributed by atoms with Crippen LogP contribution in [0.2, 0.25) is 0 Å². The van der Waals surface area contributed by atoms with E-state index in [1.165, 1.54) is 12.1 Å². The molecule has 176 valence electrons. The first kappa shape index (κ1) is 24.5. The second kappa shape index (κ2) is 11.6. The minimum atomic E-state index is -3.89. The van der Waals surface area contributed by atoms with Crippen LogP contribution in [0, 0.1) is 0 Å². The molecule has 0 aliphatic heterocycles. The molecular formula is C24H29N3O5S. The van der Waals surface area contributed by atoms with Gasteiger partial charge in [-0.2, -0.15) is 4.72 Å². The average Bonchev–Trinajstić information content (AvgIpc) is 3.22. The summed E-state index contributed by atoms with van der Waals surface area (Å²) >= 11 is 0. The van der Waals surface area contributed by atoms with Crippen LogP contribution >= 0.6 is 0 Å². The topological polar surface area (TPSA) is 111 Å². The molecule has 0 aliphatic rings. The van der Waals surface area contributed by atoms with E-state index in [2.05, 4.69) is 9.71 Å². The third-order valence-corrected chi connectivity index (χ3v) is 6.62. The summed E-state index contributed by atoms with van der Waals surface area (Å²) in [5, 5.41) is 9.45. The molecule has 3 aromatic rings. The Kier molecular flexibility index (Phi) is 8.62. The van der Waals surface area contributed by atoms with Gasteiger partial charge in [0.1, 0.15) is 11.8 Å². The van der Waals surface area contributed by atoms with Gasteiger partial charge in [0.2, 0.25) is 10.0 Å². The number of sulfonamides is 1. The van der Waals surface area contributed by atoms with Crippen LogP contribution in [-0.4, -0.2) is 41.7 Å². The Labute approximate surface area is 194 Å². The summed E-state index contributed by atoms with van der Waals surface area (Å²) in [6.45, 7) is 0.595. The first-order valence-corrected chi connectivity index (χ1v) is 12.3. The monoisotopic (exact) mass is 471 g/mol. The molecule has 1 heterocycles. The molecule has 0 aliphatic carbocycles. The van der Waals surface area contributed by atoms with Crippen LogP contribution in [-0.2, 0) is 34.7 Å². The number of benzene rings is 2. The molecule has 0 saturated carbocycles. The lowest BCUT2D eigenvalue weighted by Gasteiger charge is -2.15. The van der Waals surface area contributed by atoms with Crippen molar-refractivity contribution in [2.45, 2.75) is 43.0 Å². The molecular weight excluding hydrogens is 442 g/mol. The number of aliphatic carboxylic acids is 1. The van der Waals surface area contributed by atoms with Gasteiger partial charge in [-0.3, -0.25) is 4.79 Å². The predicted molar refractivity (Wildman–Crippen MR) is 125 cm³/mol. The van der Waals surface area contributed by atoms with Gasteiger partial charge in [0, 0.05) is 13.2 Å². The molecule has 3 rings (SSSR count). The summed E-state index contributed by atoms with van der Waals surface area (Å²) in [5.74, 6) is -0.414. The zero-order chi connectivity index (χ0) is 23.7. The van der Waals surface area contributed by atoms with Crippen LogP contribution in [0.25, 0.3) is 0 Å². The number of nitrogens with one attached hydrogen (secondary N) is 1. The second-order valence-electron chi connectivity index (χ2n) is 7.84. The molecule has 2 N–H and O–H groups in total. The number of hydrogen-bond acceptors (Lipinski definition) is 5. The summed E-state index contributed by atoms with van der Waals surface area (Å²) in [6.07, 6.45) is 6.86. The van der Waals surface area contributed by atoms with E-state index in [-0.39, 0.29) is 11.3 Å². The Morgan fingerprint density at radius 3 is 2.45 bits per heavy atom. The van der Waals surface area contributed by atoms with E-state index in [1.54, 1.807) is 24.5 Å². The Bertz CT molecular complexity index is 1130. The zero-order valence-corrected chi connectivity index (χ0v) is 19.4.